The number of terminal acetylenes is 1. The number of carbonyl (C=O) groups is 1. The average molecular weight is 373 g/mol. The molecule has 0 fully saturated rings. The molecule has 2 aromatic carbocycles. The number of aryl methyl sites for hydroxylation is 1. The van der Waals surface area contributed by atoms with Gasteiger partial charge in [0, 0.05) is 4.47 Å². The molecular formula is C19H17BrO3. The van der Waals surface area contributed by atoms with Gasteiger partial charge in [0.2, 0.25) is 0 Å². The van der Waals surface area contributed by atoms with Crippen LogP contribution in [0.4, 0.5) is 0 Å². The summed E-state index contributed by atoms with van der Waals surface area (Å²) in [6, 6.07) is 12.6. The first-order chi connectivity index (χ1) is 11.1. The van der Waals surface area contributed by atoms with Crippen molar-refractivity contribution in [1.29, 1.82) is 0 Å². The molecule has 0 aromatic heterocycles. The molecule has 1 atom stereocenters. The van der Waals surface area contributed by atoms with Crippen LogP contribution in [-0.4, -0.2) is 13.1 Å². The molecule has 0 aliphatic rings. The van der Waals surface area contributed by atoms with Gasteiger partial charge in [-0.15, -0.1) is 6.42 Å². The maximum atomic E-state index is 12.3. The van der Waals surface area contributed by atoms with E-state index in [4.69, 9.17) is 15.9 Å². The van der Waals surface area contributed by atoms with Crippen molar-refractivity contribution < 1.29 is 14.3 Å². The largest absolute Gasteiger partial charge is 0.496 e. The van der Waals surface area contributed by atoms with Gasteiger partial charge in [0.05, 0.1) is 18.2 Å². The van der Waals surface area contributed by atoms with Crippen LogP contribution in [0.15, 0.2) is 46.9 Å². The molecule has 23 heavy (non-hydrogen) atoms. The third kappa shape index (κ3) is 3.94. The number of methoxy groups -OCH3 is 1. The van der Waals surface area contributed by atoms with E-state index in [1.807, 2.05) is 25.1 Å². The van der Waals surface area contributed by atoms with Crippen LogP contribution in [0.2, 0.25) is 0 Å². The number of hydrogen-bond acceptors (Lipinski definition) is 3. The Morgan fingerprint density at radius 1 is 1.26 bits per heavy atom. The molecule has 4 heteroatoms. The second-order valence-corrected chi connectivity index (χ2v) is 5.76. The zero-order valence-electron chi connectivity index (χ0n) is 13.0. The number of rotatable bonds is 5. The Hall–Kier alpha value is -2.25. The SMILES string of the molecule is C#C[C@H](OC(=O)c1ccc(Br)cc1)c1c(CC)cccc1OC. The van der Waals surface area contributed by atoms with E-state index in [1.165, 1.54) is 0 Å². The molecule has 0 saturated carbocycles. The van der Waals surface area contributed by atoms with E-state index < -0.39 is 12.1 Å². The minimum atomic E-state index is -0.794. The first-order valence-electron chi connectivity index (χ1n) is 7.19. The molecule has 0 heterocycles. The first kappa shape index (κ1) is 17.1. The van der Waals surface area contributed by atoms with E-state index in [0.29, 0.717) is 11.3 Å². The highest BCUT2D eigenvalue weighted by atomic mass is 79.9. The predicted molar refractivity (Wildman–Crippen MR) is 93.5 cm³/mol. The molecule has 0 aliphatic heterocycles. The van der Waals surface area contributed by atoms with Gasteiger partial charge >= 0.3 is 5.97 Å². The highest BCUT2D eigenvalue weighted by Crippen LogP contribution is 2.31. The highest BCUT2D eigenvalue weighted by molar-refractivity contribution is 9.10. The monoisotopic (exact) mass is 372 g/mol. The summed E-state index contributed by atoms with van der Waals surface area (Å²) in [6.07, 6.45) is 5.58. The van der Waals surface area contributed by atoms with Crippen LogP contribution in [-0.2, 0) is 11.2 Å². The summed E-state index contributed by atoms with van der Waals surface area (Å²) < 4.78 is 11.8. The normalized spacial score (nSPS) is 11.4. The summed E-state index contributed by atoms with van der Waals surface area (Å²) in [6.45, 7) is 2.02. The summed E-state index contributed by atoms with van der Waals surface area (Å²) in [5.74, 6) is 2.70. The minimum absolute atomic E-state index is 0.446. The standard InChI is InChI=1S/C19H17BrO3/c1-4-13-7-6-8-17(22-3)18(13)16(5-2)23-19(21)14-9-11-15(20)12-10-14/h2,6-12,16H,4H2,1,3H3/t16-/m0/s1. The molecule has 0 aliphatic carbocycles. The number of halogens is 1. The van der Waals surface area contributed by atoms with Gasteiger partial charge in [0.25, 0.3) is 0 Å². The average Bonchev–Trinajstić information content (AvgIpc) is 2.59. The summed E-state index contributed by atoms with van der Waals surface area (Å²) in [5, 5.41) is 0. The van der Waals surface area contributed by atoms with Crippen molar-refractivity contribution in [2.45, 2.75) is 19.4 Å². The van der Waals surface area contributed by atoms with Crippen molar-refractivity contribution in [1.82, 2.24) is 0 Å². The van der Waals surface area contributed by atoms with Gasteiger partial charge < -0.3 is 9.47 Å². The van der Waals surface area contributed by atoms with Crippen LogP contribution in [0.1, 0.15) is 34.5 Å². The summed E-state index contributed by atoms with van der Waals surface area (Å²) in [7, 11) is 1.57. The van der Waals surface area contributed by atoms with Crippen molar-refractivity contribution in [2.75, 3.05) is 7.11 Å². The van der Waals surface area contributed by atoms with Gasteiger partial charge in [0.1, 0.15) is 5.75 Å². The molecule has 0 radical (unpaired) electrons. The lowest BCUT2D eigenvalue weighted by molar-refractivity contribution is 0.0403. The zero-order valence-corrected chi connectivity index (χ0v) is 14.6. The lowest BCUT2D eigenvalue weighted by Crippen LogP contribution is -2.13. The Kier molecular flexibility index (Phi) is 5.84. The fourth-order valence-corrected chi connectivity index (χ4v) is 2.58. The van der Waals surface area contributed by atoms with Crippen LogP contribution in [0.25, 0.3) is 0 Å². The van der Waals surface area contributed by atoms with E-state index >= 15 is 0 Å². The van der Waals surface area contributed by atoms with Crippen LogP contribution >= 0.6 is 15.9 Å². The zero-order chi connectivity index (χ0) is 16.8. The molecule has 2 rings (SSSR count). The topological polar surface area (TPSA) is 35.5 Å². The maximum absolute atomic E-state index is 12.3. The second kappa shape index (κ2) is 7.85. The van der Waals surface area contributed by atoms with E-state index in [-0.39, 0.29) is 0 Å². The van der Waals surface area contributed by atoms with E-state index in [1.54, 1.807) is 31.4 Å². The highest BCUT2D eigenvalue weighted by Gasteiger charge is 2.22. The second-order valence-electron chi connectivity index (χ2n) is 4.85. The molecule has 118 valence electrons. The van der Waals surface area contributed by atoms with Crippen LogP contribution in [0.5, 0.6) is 5.75 Å². The Bertz CT molecular complexity index is 707. The molecule has 0 bridgehead atoms. The lowest BCUT2D eigenvalue weighted by atomic mass is 9.99. The fourth-order valence-electron chi connectivity index (χ4n) is 2.31. The van der Waals surface area contributed by atoms with E-state index in [2.05, 4.69) is 21.9 Å². The van der Waals surface area contributed by atoms with Crippen molar-refractivity contribution in [2.24, 2.45) is 0 Å². The Balaban J connectivity index is 2.32. The van der Waals surface area contributed by atoms with Crippen LogP contribution in [0.3, 0.4) is 0 Å². The van der Waals surface area contributed by atoms with Crippen LogP contribution in [0, 0.1) is 12.3 Å². The number of ether oxygens (including phenoxy) is 2. The fraction of sp³-hybridized carbons (Fsp3) is 0.211. The van der Waals surface area contributed by atoms with Gasteiger partial charge in [0.15, 0.2) is 6.10 Å². The molecule has 3 nitrogen and oxygen atoms in total. The van der Waals surface area contributed by atoms with Crippen LogP contribution < -0.4 is 4.74 Å². The number of carbonyl (C=O) groups excluding carboxylic acids is 1. The molecule has 0 unspecified atom stereocenters. The summed E-state index contributed by atoms with van der Waals surface area (Å²) >= 11 is 3.33. The molecule has 0 amide bonds. The Labute approximate surface area is 144 Å². The van der Waals surface area contributed by atoms with Crippen molar-refractivity contribution >= 4 is 21.9 Å². The molecule has 0 saturated heterocycles. The van der Waals surface area contributed by atoms with Crippen molar-refractivity contribution in [3.05, 3.63) is 63.6 Å². The number of benzene rings is 2. The molecule has 2 aromatic rings. The quantitative estimate of drug-likeness (QED) is 0.570. The van der Waals surface area contributed by atoms with Gasteiger partial charge in [-0.3, -0.25) is 0 Å². The van der Waals surface area contributed by atoms with Gasteiger partial charge in [-0.05, 0) is 42.3 Å². The lowest BCUT2D eigenvalue weighted by Gasteiger charge is -2.19. The first-order valence-corrected chi connectivity index (χ1v) is 7.98. The molecule has 0 spiro atoms. The van der Waals surface area contributed by atoms with E-state index in [0.717, 1.165) is 22.0 Å². The molecule has 0 N–H and O–H groups in total. The number of esters is 1. The Morgan fingerprint density at radius 3 is 2.52 bits per heavy atom. The van der Waals surface area contributed by atoms with Crippen molar-refractivity contribution in [3.63, 3.8) is 0 Å². The summed E-state index contributed by atoms with van der Waals surface area (Å²) in [4.78, 5) is 12.3. The number of hydrogen-bond donors (Lipinski definition) is 0. The van der Waals surface area contributed by atoms with Crippen molar-refractivity contribution in [3.8, 4) is 18.1 Å². The van der Waals surface area contributed by atoms with Gasteiger partial charge in [-0.2, -0.15) is 0 Å². The third-order valence-electron chi connectivity index (χ3n) is 3.48. The van der Waals surface area contributed by atoms with E-state index in [9.17, 15) is 4.79 Å². The van der Waals surface area contributed by atoms with Gasteiger partial charge in [-0.1, -0.05) is 40.9 Å². The third-order valence-corrected chi connectivity index (χ3v) is 4.00. The van der Waals surface area contributed by atoms with Gasteiger partial charge in [-0.25, -0.2) is 4.79 Å². The molecular weight excluding hydrogens is 356 g/mol. The minimum Gasteiger partial charge on any atom is -0.496 e. The maximum Gasteiger partial charge on any atom is 0.339 e. The Morgan fingerprint density at radius 2 is 1.96 bits per heavy atom. The smallest absolute Gasteiger partial charge is 0.339 e. The predicted octanol–water partition coefficient (Wildman–Crippen LogP) is 4.55. The summed E-state index contributed by atoms with van der Waals surface area (Å²) in [5.41, 5.74) is 2.17.